The first-order valence-electron chi connectivity index (χ1n) is 8.36. The minimum Gasteiger partial charge on any atom is -0.467 e. The summed E-state index contributed by atoms with van der Waals surface area (Å²) in [6.45, 7) is 4.74. The van der Waals surface area contributed by atoms with E-state index >= 15 is 0 Å². The number of nitrogens with zero attached hydrogens (tertiary/aromatic N) is 1. The van der Waals surface area contributed by atoms with Gasteiger partial charge < -0.3 is 19.0 Å². The fourth-order valence-corrected chi connectivity index (χ4v) is 3.28. The second kappa shape index (κ2) is 8.11. The van der Waals surface area contributed by atoms with Crippen molar-refractivity contribution in [2.24, 2.45) is 5.92 Å². The lowest BCUT2D eigenvalue weighted by Crippen LogP contribution is -2.52. The van der Waals surface area contributed by atoms with Gasteiger partial charge in [0.15, 0.2) is 17.7 Å². The molecule has 26 heavy (non-hydrogen) atoms. The van der Waals surface area contributed by atoms with Crippen LogP contribution in [0.4, 0.5) is 0 Å². The summed E-state index contributed by atoms with van der Waals surface area (Å²) in [5.41, 5.74) is -1.63. The smallest absolute Gasteiger partial charge is 0.337 e. The highest BCUT2D eigenvalue weighted by Gasteiger charge is 2.70. The highest BCUT2D eigenvalue weighted by atomic mass is 17.0. The number of ether oxygens (including phenoxy) is 3. The third kappa shape index (κ3) is 3.44. The van der Waals surface area contributed by atoms with Crippen LogP contribution in [0.25, 0.3) is 0 Å². The highest BCUT2D eigenvalue weighted by Crippen LogP contribution is 2.49. The van der Waals surface area contributed by atoms with E-state index in [1.807, 2.05) is 0 Å². The maximum atomic E-state index is 12.8. The second-order valence-electron chi connectivity index (χ2n) is 6.01. The van der Waals surface area contributed by atoms with E-state index in [-0.39, 0.29) is 31.8 Å². The van der Waals surface area contributed by atoms with E-state index in [0.717, 1.165) is 5.23 Å². The molecule has 0 N–H and O–H groups in total. The summed E-state index contributed by atoms with van der Waals surface area (Å²) in [5.74, 6) is -3.38. The van der Waals surface area contributed by atoms with Gasteiger partial charge in [0.25, 0.3) is 0 Å². The van der Waals surface area contributed by atoms with Crippen molar-refractivity contribution in [2.75, 3.05) is 20.3 Å². The summed E-state index contributed by atoms with van der Waals surface area (Å²) >= 11 is 0. The maximum absolute atomic E-state index is 12.8. The summed E-state index contributed by atoms with van der Waals surface area (Å²) in [7, 11) is 1.18. The minimum atomic E-state index is -1.63. The predicted octanol–water partition coefficient (Wildman–Crippen LogP) is -0.0606. The number of carbonyl (C=O) groups excluding carboxylic acids is 4. The molecule has 0 unspecified atom stereocenters. The molecule has 10 heteroatoms. The summed E-state index contributed by atoms with van der Waals surface area (Å²) in [5, 5.41) is 0.807. The Labute approximate surface area is 150 Å². The normalized spacial score (nSPS) is 30.5. The van der Waals surface area contributed by atoms with E-state index in [9.17, 15) is 19.2 Å². The van der Waals surface area contributed by atoms with E-state index in [1.165, 1.54) is 14.0 Å². The molecule has 2 rings (SSSR count). The van der Waals surface area contributed by atoms with Crippen LogP contribution in [-0.4, -0.2) is 67.0 Å². The number of ketones is 1. The Morgan fingerprint density at radius 3 is 2.27 bits per heavy atom. The number of carbonyl (C=O) groups is 4. The van der Waals surface area contributed by atoms with E-state index in [4.69, 9.17) is 19.1 Å². The quantitative estimate of drug-likeness (QED) is 0.443. The van der Waals surface area contributed by atoms with Crippen molar-refractivity contribution >= 4 is 23.7 Å². The average molecular weight is 373 g/mol. The number of fused-ring (bicyclic) bond motifs is 1. The highest BCUT2D eigenvalue weighted by molar-refractivity contribution is 5.89. The molecule has 0 amide bonds. The molecule has 2 saturated heterocycles. The molecule has 4 atom stereocenters. The van der Waals surface area contributed by atoms with Crippen LogP contribution in [0.2, 0.25) is 0 Å². The molecule has 146 valence electrons. The van der Waals surface area contributed by atoms with Crippen LogP contribution in [0.5, 0.6) is 0 Å². The fourth-order valence-electron chi connectivity index (χ4n) is 3.28. The number of rotatable bonds is 7. The van der Waals surface area contributed by atoms with Crippen LogP contribution < -0.4 is 0 Å². The fraction of sp³-hybridized carbons (Fsp3) is 0.750. The first kappa shape index (κ1) is 20.3. The lowest BCUT2D eigenvalue weighted by atomic mass is 9.75. The molecular formula is C16H23NO9. The van der Waals surface area contributed by atoms with Crippen molar-refractivity contribution < 1.29 is 43.1 Å². The van der Waals surface area contributed by atoms with Gasteiger partial charge in [-0.15, -0.1) is 0 Å². The molecule has 2 heterocycles. The van der Waals surface area contributed by atoms with Crippen molar-refractivity contribution in [1.82, 2.24) is 5.23 Å². The Balaban J connectivity index is 2.44. The molecule has 0 radical (unpaired) electrons. The molecule has 0 aromatic carbocycles. The third-order valence-corrected chi connectivity index (χ3v) is 4.35. The number of methoxy groups -OCH3 is 1. The summed E-state index contributed by atoms with van der Waals surface area (Å²) in [6.07, 6.45) is -2.69. The molecule has 10 nitrogen and oxygen atoms in total. The zero-order valence-electron chi connectivity index (χ0n) is 15.2. The molecule has 0 saturated carbocycles. The number of esters is 3. The topological polar surface area (TPSA) is 118 Å². The lowest BCUT2D eigenvalue weighted by molar-refractivity contribution is -0.362. The number of hydrogen-bond acceptors (Lipinski definition) is 10. The first-order valence-corrected chi connectivity index (χ1v) is 8.36. The van der Waals surface area contributed by atoms with Crippen molar-refractivity contribution in [2.45, 2.75) is 51.4 Å². The van der Waals surface area contributed by atoms with Crippen molar-refractivity contribution in [3.63, 3.8) is 0 Å². The van der Waals surface area contributed by atoms with Gasteiger partial charge in [0, 0.05) is 18.8 Å². The minimum absolute atomic E-state index is 0.0637. The molecule has 2 aliphatic heterocycles. The predicted molar refractivity (Wildman–Crippen MR) is 83.0 cm³/mol. The molecular weight excluding hydrogens is 350 g/mol. The Morgan fingerprint density at radius 1 is 1.08 bits per heavy atom. The van der Waals surface area contributed by atoms with E-state index in [2.05, 4.69) is 4.74 Å². The standard InChI is InChI=1S/C16H23NO9/c1-5-23-14(20)12-10(7-9(3)18)16(15(21)24-6-2)8-11(13(19)22-4)25-17(16)26-12/h10-12H,5-8H2,1-4H3/t10-,11+,12-,16+/m1/s1. The van der Waals surface area contributed by atoms with Gasteiger partial charge in [-0.25, -0.2) is 14.4 Å². The van der Waals surface area contributed by atoms with E-state index in [1.54, 1.807) is 13.8 Å². The second-order valence-corrected chi connectivity index (χ2v) is 6.01. The van der Waals surface area contributed by atoms with Gasteiger partial charge >= 0.3 is 17.9 Å². The Bertz CT molecular complexity index is 592. The first-order chi connectivity index (χ1) is 12.3. The zero-order chi connectivity index (χ0) is 19.5. The number of Topliss-reactive ketones (excluding diaryl/α,β-unsaturated/α-hetero) is 1. The molecule has 0 bridgehead atoms. The average Bonchev–Trinajstić information content (AvgIpc) is 3.10. The molecule has 0 aromatic rings. The van der Waals surface area contributed by atoms with Gasteiger partial charge in [-0.3, -0.25) is 9.68 Å². The van der Waals surface area contributed by atoms with Crippen LogP contribution >= 0.6 is 0 Å². The number of hydroxylamine groups is 2. The molecule has 0 spiro atoms. The van der Waals surface area contributed by atoms with Crippen LogP contribution in [0.1, 0.15) is 33.6 Å². The van der Waals surface area contributed by atoms with Gasteiger partial charge in [-0.1, -0.05) is 0 Å². The van der Waals surface area contributed by atoms with Crippen LogP contribution in [0.15, 0.2) is 0 Å². The van der Waals surface area contributed by atoms with Crippen molar-refractivity contribution in [1.29, 1.82) is 0 Å². The van der Waals surface area contributed by atoms with Gasteiger partial charge in [0.05, 0.1) is 20.3 Å². The molecule has 0 aliphatic carbocycles. The van der Waals surface area contributed by atoms with Crippen LogP contribution in [0, 0.1) is 5.92 Å². The van der Waals surface area contributed by atoms with E-state index in [0.29, 0.717) is 0 Å². The number of hydrogen-bond donors (Lipinski definition) is 0. The summed E-state index contributed by atoms with van der Waals surface area (Å²) < 4.78 is 14.8. The monoisotopic (exact) mass is 373 g/mol. The van der Waals surface area contributed by atoms with Crippen LogP contribution in [0.3, 0.4) is 0 Å². The van der Waals surface area contributed by atoms with Crippen LogP contribution in [-0.2, 0) is 43.1 Å². The summed E-state index contributed by atoms with van der Waals surface area (Å²) in [4.78, 5) is 59.6. The Morgan fingerprint density at radius 2 is 1.73 bits per heavy atom. The van der Waals surface area contributed by atoms with Gasteiger partial charge in [0.1, 0.15) is 5.78 Å². The largest absolute Gasteiger partial charge is 0.467 e. The third-order valence-electron chi connectivity index (χ3n) is 4.35. The maximum Gasteiger partial charge on any atom is 0.337 e. The van der Waals surface area contributed by atoms with Gasteiger partial charge in [0.2, 0.25) is 0 Å². The summed E-state index contributed by atoms with van der Waals surface area (Å²) in [6, 6.07) is 0. The zero-order valence-corrected chi connectivity index (χ0v) is 15.2. The van der Waals surface area contributed by atoms with Gasteiger partial charge in [-0.05, 0) is 26.0 Å². The van der Waals surface area contributed by atoms with Crippen molar-refractivity contribution in [3.8, 4) is 0 Å². The van der Waals surface area contributed by atoms with E-state index < -0.39 is 41.6 Å². The van der Waals surface area contributed by atoms with Gasteiger partial charge in [-0.2, -0.15) is 0 Å². The molecule has 2 aliphatic rings. The molecule has 0 aromatic heterocycles. The molecule has 2 fully saturated rings. The SMILES string of the molecule is CCOC(=O)[C@@H]1ON2O[C@H](C(=O)OC)C[C@@]2(C(=O)OCC)[C@@H]1CC(C)=O. The van der Waals surface area contributed by atoms with Crippen molar-refractivity contribution in [3.05, 3.63) is 0 Å². The Kier molecular flexibility index (Phi) is 6.32. The Hall–Kier alpha value is -2.04. The lowest BCUT2D eigenvalue weighted by Gasteiger charge is -2.29.